The van der Waals surface area contributed by atoms with E-state index >= 15 is 0 Å². The number of hydrogen-bond acceptors (Lipinski definition) is 5. The van der Waals surface area contributed by atoms with E-state index in [1.165, 1.54) is 0 Å². The van der Waals surface area contributed by atoms with Crippen molar-refractivity contribution >= 4 is 28.6 Å². The highest BCUT2D eigenvalue weighted by Gasteiger charge is 2.24. The fraction of sp³-hybridized carbons (Fsp3) is 0.440. The van der Waals surface area contributed by atoms with Crippen molar-refractivity contribution in [2.24, 2.45) is 0 Å². The first-order chi connectivity index (χ1) is 15.9. The van der Waals surface area contributed by atoms with Crippen LogP contribution in [0.15, 0.2) is 30.3 Å². The second-order valence-electron chi connectivity index (χ2n) is 8.32. The minimum absolute atomic E-state index is 0.266. The Morgan fingerprint density at radius 2 is 1.76 bits per heavy atom. The minimum Gasteiger partial charge on any atom is -0.492 e. The molecule has 1 saturated heterocycles. The predicted octanol–water partition coefficient (Wildman–Crippen LogP) is 5.33. The summed E-state index contributed by atoms with van der Waals surface area (Å²) in [6, 6.07) is 9.54. The molecule has 2 heterocycles. The number of benzene rings is 2. The predicted molar refractivity (Wildman–Crippen MR) is 129 cm³/mol. The van der Waals surface area contributed by atoms with Gasteiger partial charge in [-0.3, -0.25) is 4.90 Å². The van der Waals surface area contributed by atoms with Gasteiger partial charge >= 0.3 is 5.97 Å². The number of hydrogen-bond donors (Lipinski definition) is 1. The molecule has 0 aliphatic carbocycles. The van der Waals surface area contributed by atoms with Crippen LogP contribution in [0, 0.1) is 6.92 Å². The van der Waals surface area contributed by atoms with Crippen LogP contribution in [-0.4, -0.2) is 51.8 Å². The lowest BCUT2D eigenvalue weighted by Crippen LogP contribution is -2.34. The van der Waals surface area contributed by atoms with Gasteiger partial charge in [0, 0.05) is 25.7 Å². The average Bonchev–Trinajstić information content (AvgIpc) is 3.12. The molecule has 0 bridgehead atoms. The van der Waals surface area contributed by atoms with Gasteiger partial charge in [-0.2, -0.15) is 0 Å². The summed E-state index contributed by atoms with van der Waals surface area (Å²) in [5.74, 6) is 1.32. The molecule has 0 unspecified atom stereocenters. The van der Waals surface area contributed by atoms with Crippen LogP contribution < -0.4 is 9.47 Å². The molecule has 1 N–H and O–H groups in total. The van der Waals surface area contributed by atoms with E-state index in [1.807, 2.05) is 39.0 Å². The molecule has 33 heavy (non-hydrogen) atoms. The number of halogens is 1. The molecule has 1 aromatic heterocycles. The summed E-state index contributed by atoms with van der Waals surface area (Å²) < 4.78 is 13.7. The number of carboxylic acids is 1. The number of rotatable bonds is 8. The van der Waals surface area contributed by atoms with E-state index in [4.69, 9.17) is 21.1 Å². The van der Waals surface area contributed by atoms with E-state index in [2.05, 4.69) is 14.5 Å². The highest BCUT2D eigenvalue weighted by Crippen LogP contribution is 2.37. The van der Waals surface area contributed by atoms with Gasteiger partial charge in [-0.25, -0.2) is 9.78 Å². The molecule has 8 heteroatoms. The Bertz CT molecular complexity index is 1120. The second kappa shape index (κ2) is 10.0. The van der Waals surface area contributed by atoms with Gasteiger partial charge in [0.2, 0.25) is 0 Å². The van der Waals surface area contributed by atoms with Gasteiger partial charge in [0.15, 0.2) is 0 Å². The summed E-state index contributed by atoms with van der Waals surface area (Å²) in [6.07, 6.45) is 1.99. The van der Waals surface area contributed by atoms with Crippen LogP contribution in [0.1, 0.15) is 54.5 Å². The molecule has 0 spiro atoms. The van der Waals surface area contributed by atoms with Crippen molar-refractivity contribution in [2.75, 3.05) is 26.3 Å². The van der Waals surface area contributed by atoms with Crippen LogP contribution in [0.25, 0.3) is 11.0 Å². The van der Waals surface area contributed by atoms with E-state index in [9.17, 15) is 9.90 Å². The summed E-state index contributed by atoms with van der Waals surface area (Å²) in [4.78, 5) is 18.4. The fourth-order valence-corrected chi connectivity index (χ4v) is 4.86. The number of carbonyl (C=O) groups is 1. The summed E-state index contributed by atoms with van der Waals surface area (Å²) >= 11 is 6.44. The SMILES string of the molecule is CCOc1cc(CN2CCC(n3c(C)nc4cc(C(=O)O)ccc43)CC2)cc(OCC)c1Cl. The van der Waals surface area contributed by atoms with Crippen molar-refractivity contribution < 1.29 is 19.4 Å². The molecule has 176 valence electrons. The lowest BCUT2D eigenvalue weighted by Gasteiger charge is -2.33. The van der Waals surface area contributed by atoms with E-state index < -0.39 is 5.97 Å². The lowest BCUT2D eigenvalue weighted by atomic mass is 10.0. The zero-order valence-corrected chi connectivity index (χ0v) is 20.1. The number of carboxylic acid groups (broad SMARTS) is 1. The van der Waals surface area contributed by atoms with Gasteiger partial charge in [0.25, 0.3) is 0 Å². The van der Waals surface area contributed by atoms with Crippen LogP contribution >= 0.6 is 11.6 Å². The Hall–Kier alpha value is -2.77. The Labute approximate surface area is 198 Å². The first-order valence-corrected chi connectivity index (χ1v) is 11.8. The monoisotopic (exact) mass is 471 g/mol. The highest BCUT2D eigenvalue weighted by atomic mass is 35.5. The largest absolute Gasteiger partial charge is 0.492 e. The molecule has 1 aliphatic heterocycles. The zero-order valence-electron chi connectivity index (χ0n) is 19.3. The van der Waals surface area contributed by atoms with Gasteiger partial charge in [0.1, 0.15) is 22.3 Å². The molecule has 0 saturated carbocycles. The van der Waals surface area contributed by atoms with Crippen molar-refractivity contribution in [2.45, 2.75) is 46.2 Å². The number of fused-ring (bicyclic) bond motifs is 1. The highest BCUT2D eigenvalue weighted by molar-refractivity contribution is 6.33. The molecule has 0 atom stereocenters. The third kappa shape index (κ3) is 4.94. The second-order valence-corrected chi connectivity index (χ2v) is 8.70. The topological polar surface area (TPSA) is 76.8 Å². The lowest BCUT2D eigenvalue weighted by molar-refractivity contribution is 0.0697. The van der Waals surface area contributed by atoms with Crippen LogP contribution in [0.3, 0.4) is 0 Å². The standard InChI is InChI=1S/C25H30ClN3O4/c1-4-32-22-12-17(13-23(24(22)26)33-5-2)15-28-10-8-19(9-11-28)29-16(3)27-20-14-18(25(30)31)6-7-21(20)29/h6-7,12-14,19H,4-5,8-11,15H2,1-3H3,(H,30,31). The van der Waals surface area contributed by atoms with Crippen LogP contribution in [0.2, 0.25) is 5.02 Å². The summed E-state index contributed by atoms with van der Waals surface area (Å²) in [5, 5.41) is 9.79. The maximum absolute atomic E-state index is 11.3. The molecule has 1 aliphatic rings. The molecule has 3 aromatic rings. The Balaban J connectivity index is 1.48. The van der Waals surface area contributed by atoms with E-state index in [0.29, 0.717) is 35.8 Å². The number of piperidine rings is 1. The molecule has 4 rings (SSSR count). The Morgan fingerprint density at radius 1 is 1.12 bits per heavy atom. The Morgan fingerprint density at radius 3 is 2.33 bits per heavy atom. The molecular weight excluding hydrogens is 442 g/mol. The normalized spacial score (nSPS) is 15.2. The van der Waals surface area contributed by atoms with Crippen LogP contribution in [0.4, 0.5) is 0 Å². The molecule has 2 aromatic carbocycles. The minimum atomic E-state index is -0.931. The van der Waals surface area contributed by atoms with Crippen molar-refractivity contribution in [1.29, 1.82) is 0 Å². The molecule has 7 nitrogen and oxygen atoms in total. The smallest absolute Gasteiger partial charge is 0.335 e. The average molecular weight is 472 g/mol. The summed E-state index contributed by atoms with van der Waals surface area (Å²) in [6.45, 7) is 9.68. The van der Waals surface area contributed by atoms with Gasteiger partial charge in [0.05, 0.1) is 29.8 Å². The first kappa shape index (κ1) is 23.4. The number of aromatic nitrogens is 2. The third-order valence-electron chi connectivity index (χ3n) is 6.11. The number of ether oxygens (including phenoxy) is 2. The van der Waals surface area contributed by atoms with E-state index in [1.54, 1.807) is 12.1 Å². The third-order valence-corrected chi connectivity index (χ3v) is 6.48. The number of nitrogens with zero attached hydrogens (tertiary/aromatic N) is 3. The Kier molecular flexibility index (Phi) is 7.10. The van der Waals surface area contributed by atoms with Crippen molar-refractivity contribution in [3.8, 4) is 11.5 Å². The quantitative estimate of drug-likeness (QED) is 0.478. The number of aromatic carboxylic acids is 1. The van der Waals surface area contributed by atoms with E-state index in [-0.39, 0.29) is 5.56 Å². The molecule has 0 amide bonds. The van der Waals surface area contributed by atoms with Crippen LogP contribution in [0.5, 0.6) is 11.5 Å². The van der Waals surface area contributed by atoms with Crippen molar-refractivity contribution in [3.63, 3.8) is 0 Å². The fourth-order valence-electron chi connectivity index (χ4n) is 4.65. The zero-order chi connectivity index (χ0) is 23.5. The van der Waals surface area contributed by atoms with Gasteiger partial charge < -0.3 is 19.1 Å². The molecular formula is C25H30ClN3O4. The van der Waals surface area contributed by atoms with Crippen LogP contribution in [-0.2, 0) is 6.54 Å². The molecule has 1 fully saturated rings. The van der Waals surface area contributed by atoms with Gasteiger partial charge in [-0.15, -0.1) is 0 Å². The van der Waals surface area contributed by atoms with Gasteiger partial charge in [-0.05, 0) is 69.5 Å². The number of imidazole rings is 1. The van der Waals surface area contributed by atoms with Gasteiger partial charge in [-0.1, -0.05) is 11.6 Å². The first-order valence-electron chi connectivity index (χ1n) is 11.4. The number of likely N-dealkylation sites (tertiary alicyclic amines) is 1. The summed E-state index contributed by atoms with van der Waals surface area (Å²) in [7, 11) is 0. The molecule has 0 radical (unpaired) electrons. The van der Waals surface area contributed by atoms with Crippen molar-refractivity contribution in [3.05, 3.63) is 52.3 Å². The van der Waals surface area contributed by atoms with Crippen molar-refractivity contribution in [1.82, 2.24) is 14.5 Å². The maximum Gasteiger partial charge on any atom is 0.335 e. The maximum atomic E-state index is 11.3. The number of aryl methyl sites for hydroxylation is 1. The summed E-state index contributed by atoms with van der Waals surface area (Å²) in [5.41, 5.74) is 3.12. The van der Waals surface area contributed by atoms with E-state index in [0.717, 1.165) is 54.9 Å².